The first-order valence-electron chi connectivity index (χ1n) is 7.73. The minimum atomic E-state index is -0.631. The lowest BCUT2D eigenvalue weighted by molar-refractivity contribution is -0.385. The van der Waals surface area contributed by atoms with Crippen molar-refractivity contribution in [2.45, 2.75) is 0 Å². The molecule has 2 aromatic rings. The average molecular weight is 451 g/mol. The van der Waals surface area contributed by atoms with E-state index in [1.54, 1.807) is 18.2 Å². The Morgan fingerprint density at radius 1 is 1.36 bits per heavy atom. The summed E-state index contributed by atoms with van der Waals surface area (Å²) in [6, 6.07) is 8.65. The molecule has 146 valence electrons. The number of rotatable bonds is 7. The van der Waals surface area contributed by atoms with E-state index in [0.717, 1.165) is 18.3 Å². The highest BCUT2D eigenvalue weighted by molar-refractivity contribution is 9.10. The van der Waals surface area contributed by atoms with Crippen molar-refractivity contribution >= 4 is 39.6 Å². The number of carbonyl (C=O) groups is 2. The quantitative estimate of drug-likeness (QED) is 0.334. The van der Waals surface area contributed by atoms with Crippen LogP contribution in [0.2, 0.25) is 0 Å². The Kier molecular flexibility index (Phi) is 7.04. The van der Waals surface area contributed by atoms with Crippen LogP contribution >= 0.6 is 15.9 Å². The Morgan fingerprint density at radius 2 is 2.11 bits per heavy atom. The summed E-state index contributed by atoms with van der Waals surface area (Å²) in [5, 5.41) is 26.8. The Hall–Kier alpha value is -3.47. The normalized spacial score (nSPS) is 10.5. The molecule has 3 N–H and O–H groups in total. The van der Waals surface area contributed by atoms with Crippen molar-refractivity contribution in [1.29, 1.82) is 0 Å². The molecule has 2 aromatic carbocycles. The number of phenolic OH excluding ortho intramolecular Hbond substituents is 1. The number of non-ortho nitro benzene ring substituents is 1. The standard InChI is InChI=1S/C17H15BrN4O6/c1-28-13-4-2-3-10(6-13)17(25)19-9-15(23)21-20-8-11-5-12(22(26)27)7-14(18)16(11)24/h2-8,24H,9H2,1H3,(H,19,25)(H,21,23)/b20-8+. The number of nitrogens with one attached hydrogen (secondary N) is 2. The second-order valence-corrected chi connectivity index (χ2v) is 6.18. The number of aromatic hydroxyl groups is 1. The highest BCUT2D eigenvalue weighted by Crippen LogP contribution is 2.31. The molecule has 2 amide bonds. The van der Waals surface area contributed by atoms with Gasteiger partial charge in [-0.15, -0.1) is 0 Å². The number of nitro benzene ring substituents is 1. The van der Waals surface area contributed by atoms with Crippen molar-refractivity contribution in [3.8, 4) is 11.5 Å². The predicted molar refractivity (Wildman–Crippen MR) is 104 cm³/mol. The van der Waals surface area contributed by atoms with Gasteiger partial charge in [0, 0.05) is 23.3 Å². The molecule has 0 bridgehead atoms. The molecule has 11 heteroatoms. The molecule has 0 aromatic heterocycles. The summed E-state index contributed by atoms with van der Waals surface area (Å²) in [5.41, 5.74) is 2.24. The fraction of sp³-hybridized carbons (Fsp3) is 0.118. The van der Waals surface area contributed by atoms with Gasteiger partial charge < -0.3 is 15.2 Å². The number of phenols is 1. The molecule has 2 rings (SSSR count). The summed E-state index contributed by atoms with van der Waals surface area (Å²) in [6.07, 6.45) is 1.05. The lowest BCUT2D eigenvalue weighted by atomic mass is 10.2. The summed E-state index contributed by atoms with van der Waals surface area (Å²) in [7, 11) is 1.47. The summed E-state index contributed by atoms with van der Waals surface area (Å²) in [6.45, 7) is -0.349. The molecule has 0 atom stereocenters. The fourth-order valence-electron chi connectivity index (χ4n) is 2.05. The minimum absolute atomic E-state index is 0.0294. The summed E-state index contributed by atoms with van der Waals surface area (Å²) >= 11 is 3.00. The van der Waals surface area contributed by atoms with Gasteiger partial charge in [0.2, 0.25) is 0 Å². The minimum Gasteiger partial charge on any atom is -0.506 e. The van der Waals surface area contributed by atoms with E-state index in [4.69, 9.17) is 4.74 Å². The molecule has 0 heterocycles. The van der Waals surface area contributed by atoms with E-state index in [1.807, 2.05) is 0 Å². The number of carbonyl (C=O) groups excluding carboxylic acids is 2. The molecular weight excluding hydrogens is 436 g/mol. The van der Waals surface area contributed by atoms with Crippen molar-refractivity contribution in [1.82, 2.24) is 10.7 Å². The lowest BCUT2D eigenvalue weighted by Crippen LogP contribution is -2.34. The molecule has 0 saturated heterocycles. The van der Waals surface area contributed by atoms with Crippen molar-refractivity contribution in [2.24, 2.45) is 5.10 Å². The Balaban J connectivity index is 1.93. The Bertz CT molecular complexity index is 947. The first-order chi connectivity index (χ1) is 13.3. The van der Waals surface area contributed by atoms with E-state index in [-0.39, 0.29) is 28.0 Å². The molecule has 0 saturated carbocycles. The molecule has 28 heavy (non-hydrogen) atoms. The molecule has 0 aliphatic rings. The van der Waals surface area contributed by atoms with E-state index in [1.165, 1.54) is 13.2 Å². The summed E-state index contributed by atoms with van der Waals surface area (Å²) in [4.78, 5) is 34.0. The Morgan fingerprint density at radius 3 is 2.79 bits per heavy atom. The third kappa shape index (κ3) is 5.51. The third-order valence-electron chi connectivity index (χ3n) is 3.42. The van der Waals surface area contributed by atoms with Gasteiger partial charge in [0.25, 0.3) is 17.5 Å². The molecule has 10 nitrogen and oxygen atoms in total. The number of benzene rings is 2. The van der Waals surface area contributed by atoms with E-state index < -0.39 is 16.7 Å². The van der Waals surface area contributed by atoms with Gasteiger partial charge in [-0.25, -0.2) is 5.43 Å². The van der Waals surface area contributed by atoms with Gasteiger partial charge in [0.15, 0.2) is 0 Å². The number of methoxy groups -OCH3 is 1. The number of nitrogens with zero attached hydrogens (tertiary/aromatic N) is 2. The number of amides is 2. The topological polar surface area (TPSA) is 143 Å². The van der Waals surface area contributed by atoms with Crippen molar-refractivity contribution < 1.29 is 24.4 Å². The van der Waals surface area contributed by atoms with Gasteiger partial charge in [-0.3, -0.25) is 19.7 Å². The highest BCUT2D eigenvalue weighted by atomic mass is 79.9. The third-order valence-corrected chi connectivity index (χ3v) is 4.03. The number of hydrazone groups is 1. The zero-order valence-electron chi connectivity index (χ0n) is 14.5. The largest absolute Gasteiger partial charge is 0.506 e. The maximum atomic E-state index is 12.0. The van der Waals surface area contributed by atoms with Crippen molar-refractivity contribution in [2.75, 3.05) is 13.7 Å². The fourth-order valence-corrected chi connectivity index (χ4v) is 2.51. The number of nitro groups is 1. The van der Waals surface area contributed by atoms with Crippen LogP contribution in [0, 0.1) is 10.1 Å². The molecule has 0 aliphatic heterocycles. The number of halogens is 1. The van der Waals surface area contributed by atoms with E-state index >= 15 is 0 Å². The number of hydrogen-bond donors (Lipinski definition) is 3. The monoisotopic (exact) mass is 450 g/mol. The van der Waals surface area contributed by atoms with E-state index in [9.17, 15) is 24.8 Å². The van der Waals surface area contributed by atoms with Crippen LogP contribution in [0.25, 0.3) is 0 Å². The van der Waals surface area contributed by atoms with Gasteiger partial charge in [0.1, 0.15) is 11.5 Å². The van der Waals surface area contributed by atoms with E-state index in [0.29, 0.717) is 11.3 Å². The molecule has 0 fully saturated rings. The van der Waals surface area contributed by atoms with Crippen LogP contribution < -0.4 is 15.5 Å². The first-order valence-corrected chi connectivity index (χ1v) is 8.52. The lowest BCUT2D eigenvalue weighted by Gasteiger charge is -2.06. The van der Waals surface area contributed by atoms with Gasteiger partial charge >= 0.3 is 0 Å². The van der Waals surface area contributed by atoms with E-state index in [2.05, 4.69) is 31.8 Å². The smallest absolute Gasteiger partial charge is 0.271 e. The first kappa shape index (κ1) is 20.8. The van der Waals surface area contributed by atoms with Gasteiger partial charge in [0.05, 0.1) is 29.3 Å². The second-order valence-electron chi connectivity index (χ2n) is 5.33. The van der Waals surface area contributed by atoms with Crippen LogP contribution in [0.3, 0.4) is 0 Å². The molecule has 0 aliphatic carbocycles. The predicted octanol–water partition coefficient (Wildman–Crippen LogP) is 1.95. The maximum Gasteiger partial charge on any atom is 0.271 e. The highest BCUT2D eigenvalue weighted by Gasteiger charge is 2.14. The molecule has 0 spiro atoms. The van der Waals surface area contributed by atoms with Crippen molar-refractivity contribution in [3.63, 3.8) is 0 Å². The van der Waals surface area contributed by atoms with Crippen LogP contribution in [0.4, 0.5) is 5.69 Å². The van der Waals surface area contributed by atoms with Crippen molar-refractivity contribution in [3.05, 3.63) is 62.1 Å². The summed E-state index contributed by atoms with van der Waals surface area (Å²) < 4.78 is 5.13. The number of hydrogen-bond acceptors (Lipinski definition) is 7. The second kappa shape index (κ2) is 9.46. The number of ether oxygens (including phenoxy) is 1. The maximum absolute atomic E-state index is 12.0. The zero-order valence-corrected chi connectivity index (χ0v) is 16.1. The zero-order chi connectivity index (χ0) is 20.7. The van der Waals surface area contributed by atoms with Crippen LogP contribution in [-0.4, -0.2) is 41.7 Å². The SMILES string of the molecule is COc1cccc(C(=O)NCC(=O)N/N=C/c2cc([N+](=O)[O-])cc(Br)c2O)c1. The van der Waals surface area contributed by atoms with Crippen LogP contribution in [-0.2, 0) is 4.79 Å². The molecule has 0 unspecified atom stereocenters. The summed E-state index contributed by atoms with van der Waals surface area (Å²) in [5.74, 6) is -0.866. The molecule has 0 radical (unpaired) electrons. The Labute approximate surface area is 167 Å². The van der Waals surface area contributed by atoms with Gasteiger partial charge in [-0.1, -0.05) is 6.07 Å². The van der Waals surface area contributed by atoms with Gasteiger partial charge in [-0.05, 0) is 34.1 Å². The molecular formula is C17H15BrN4O6. The van der Waals surface area contributed by atoms with Crippen LogP contribution in [0.5, 0.6) is 11.5 Å². The van der Waals surface area contributed by atoms with Crippen LogP contribution in [0.15, 0.2) is 46.0 Å². The van der Waals surface area contributed by atoms with Gasteiger partial charge in [-0.2, -0.15) is 5.10 Å². The average Bonchev–Trinajstić information content (AvgIpc) is 2.69. The van der Waals surface area contributed by atoms with Crippen LogP contribution in [0.1, 0.15) is 15.9 Å².